The molecule has 0 spiro atoms. The summed E-state index contributed by atoms with van der Waals surface area (Å²) in [7, 11) is 0. The number of aliphatic hydroxyl groups excluding tert-OH is 1. The molecule has 0 saturated heterocycles. The van der Waals surface area contributed by atoms with Crippen LogP contribution in [0.1, 0.15) is 49.5 Å². The average Bonchev–Trinajstić information content (AvgIpc) is 3.09. The first-order valence-electron chi connectivity index (χ1n) is 8.26. The van der Waals surface area contributed by atoms with Crippen molar-refractivity contribution in [3.63, 3.8) is 0 Å². The number of nitrogens with two attached hydrogens (primary N) is 3. The van der Waals surface area contributed by atoms with E-state index in [0.717, 1.165) is 0 Å². The molecule has 3 amide bonds. The molecule has 10 N–H and O–H groups in total. The van der Waals surface area contributed by atoms with Crippen LogP contribution in [0.15, 0.2) is 4.42 Å². The van der Waals surface area contributed by atoms with E-state index in [9.17, 15) is 19.5 Å². The topological polar surface area (TPSA) is 233 Å². The zero-order valence-corrected chi connectivity index (χ0v) is 14.6. The molecule has 1 heterocycles. The maximum atomic E-state index is 12.1. The molecule has 13 heteroatoms. The fraction of sp³-hybridized carbons (Fsp3) is 0.643. The molecule has 1 aromatic rings. The Morgan fingerprint density at radius 1 is 1.15 bits per heavy atom. The summed E-state index contributed by atoms with van der Waals surface area (Å²) in [5, 5.41) is 30.2. The second kappa shape index (κ2) is 11.1. The summed E-state index contributed by atoms with van der Waals surface area (Å²) in [6.07, 6.45) is 0.961. The van der Waals surface area contributed by atoms with Crippen molar-refractivity contribution in [3.05, 3.63) is 11.8 Å². The highest BCUT2D eigenvalue weighted by Gasteiger charge is 2.26. The van der Waals surface area contributed by atoms with Gasteiger partial charge in [-0.15, -0.1) is 10.2 Å². The molecule has 0 aromatic carbocycles. The molecule has 0 fully saturated rings. The monoisotopic (exact) mass is 387 g/mol. The van der Waals surface area contributed by atoms with Gasteiger partial charge in [-0.25, -0.2) is 9.59 Å². The molecule has 0 radical (unpaired) electrons. The van der Waals surface area contributed by atoms with Gasteiger partial charge in [0.1, 0.15) is 18.1 Å². The van der Waals surface area contributed by atoms with Gasteiger partial charge in [0.25, 0.3) is 0 Å². The quantitative estimate of drug-likeness (QED) is 0.192. The summed E-state index contributed by atoms with van der Waals surface area (Å²) in [6, 6.07) is -4.00. The van der Waals surface area contributed by atoms with Gasteiger partial charge in [-0.2, -0.15) is 0 Å². The first kappa shape index (κ1) is 22.3. The van der Waals surface area contributed by atoms with E-state index < -0.39 is 42.6 Å². The number of amides is 3. The number of aliphatic carboxylic acids is 1. The number of hydrogen-bond acceptors (Lipinski definition) is 9. The van der Waals surface area contributed by atoms with Crippen LogP contribution in [-0.2, 0) is 9.59 Å². The molecule has 27 heavy (non-hydrogen) atoms. The highest BCUT2D eigenvalue weighted by molar-refractivity contribution is 5.83. The minimum atomic E-state index is -1.21. The molecule has 13 nitrogen and oxygen atoms in total. The number of nitrogens with one attached hydrogen (secondary N) is 2. The maximum Gasteiger partial charge on any atom is 0.326 e. The number of nitrogens with zero attached hydrogens (tertiary/aromatic N) is 2. The number of urea groups is 1. The molecule has 0 aliphatic carbocycles. The normalized spacial score (nSPS) is 14.2. The molecule has 1 rings (SSSR count). The number of aliphatic hydroxyl groups is 1. The molecule has 0 saturated carbocycles. The fourth-order valence-electron chi connectivity index (χ4n) is 2.12. The summed E-state index contributed by atoms with van der Waals surface area (Å²) >= 11 is 0. The van der Waals surface area contributed by atoms with Gasteiger partial charge in [-0.3, -0.25) is 4.79 Å². The third kappa shape index (κ3) is 7.55. The number of unbranched alkanes of at least 4 members (excludes halogenated alkanes) is 1. The van der Waals surface area contributed by atoms with Crippen molar-refractivity contribution in [1.29, 1.82) is 0 Å². The van der Waals surface area contributed by atoms with Crippen LogP contribution in [0.4, 0.5) is 4.79 Å². The maximum absolute atomic E-state index is 12.1. The number of primary amides is 1. The Hall–Kier alpha value is -2.77. The van der Waals surface area contributed by atoms with E-state index in [2.05, 4.69) is 20.8 Å². The summed E-state index contributed by atoms with van der Waals surface area (Å²) < 4.78 is 5.24. The molecular formula is C14H25N7O6. The van der Waals surface area contributed by atoms with Crippen molar-refractivity contribution >= 4 is 17.9 Å². The van der Waals surface area contributed by atoms with Crippen molar-refractivity contribution in [2.75, 3.05) is 13.2 Å². The van der Waals surface area contributed by atoms with E-state index in [1.807, 2.05) is 0 Å². The Labute approximate surface area is 154 Å². The van der Waals surface area contributed by atoms with Crippen LogP contribution in [0.5, 0.6) is 0 Å². The third-order valence-electron chi connectivity index (χ3n) is 3.53. The zero-order chi connectivity index (χ0) is 20.4. The smallest absolute Gasteiger partial charge is 0.326 e. The molecular weight excluding hydrogens is 362 g/mol. The van der Waals surface area contributed by atoms with E-state index >= 15 is 0 Å². The van der Waals surface area contributed by atoms with Gasteiger partial charge in [0.2, 0.25) is 17.7 Å². The van der Waals surface area contributed by atoms with Gasteiger partial charge in [-0.05, 0) is 25.8 Å². The lowest BCUT2D eigenvalue weighted by Crippen LogP contribution is -2.47. The number of carbonyl (C=O) groups excluding carboxylic acids is 2. The van der Waals surface area contributed by atoms with Gasteiger partial charge >= 0.3 is 12.0 Å². The van der Waals surface area contributed by atoms with E-state index in [0.29, 0.717) is 19.4 Å². The van der Waals surface area contributed by atoms with Gasteiger partial charge < -0.3 is 42.5 Å². The Bertz CT molecular complexity index is 637. The van der Waals surface area contributed by atoms with Crippen molar-refractivity contribution in [2.45, 2.75) is 43.8 Å². The van der Waals surface area contributed by atoms with Crippen molar-refractivity contribution in [3.8, 4) is 0 Å². The predicted octanol–water partition coefficient (Wildman–Crippen LogP) is -2.14. The fourth-order valence-corrected chi connectivity index (χ4v) is 2.12. The lowest BCUT2D eigenvalue weighted by atomic mass is 10.1. The predicted molar refractivity (Wildman–Crippen MR) is 90.9 cm³/mol. The van der Waals surface area contributed by atoms with Crippen LogP contribution in [0.2, 0.25) is 0 Å². The number of aromatic nitrogens is 2. The molecule has 0 aliphatic rings. The van der Waals surface area contributed by atoms with Crippen LogP contribution in [-0.4, -0.2) is 57.5 Å². The van der Waals surface area contributed by atoms with Crippen LogP contribution in [0, 0.1) is 0 Å². The van der Waals surface area contributed by atoms with Crippen LogP contribution >= 0.6 is 0 Å². The SMILES string of the molecule is NCCCC[C@H](NC(=O)N[C@@H](CC(N)=O)c1nnc([C@@H](N)CO)o1)C(=O)O. The number of carboxylic acid groups (broad SMARTS) is 1. The molecule has 3 atom stereocenters. The summed E-state index contributed by atoms with van der Waals surface area (Å²) in [5.41, 5.74) is 16.1. The number of carboxylic acids is 1. The number of hydrogen-bond donors (Lipinski definition) is 7. The van der Waals surface area contributed by atoms with E-state index in [4.69, 9.17) is 26.7 Å². The summed E-state index contributed by atoms with van der Waals surface area (Å²) in [6.45, 7) is -0.0339. The Morgan fingerprint density at radius 2 is 1.81 bits per heavy atom. The van der Waals surface area contributed by atoms with E-state index in [1.54, 1.807) is 0 Å². The van der Waals surface area contributed by atoms with Gasteiger partial charge in [-0.1, -0.05) is 0 Å². The van der Waals surface area contributed by atoms with Crippen LogP contribution in [0.3, 0.4) is 0 Å². The number of carbonyl (C=O) groups is 3. The van der Waals surface area contributed by atoms with Gasteiger partial charge in [0, 0.05) is 0 Å². The first-order valence-corrected chi connectivity index (χ1v) is 8.26. The summed E-state index contributed by atoms with van der Waals surface area (Å²) in [4.78, 5) is 34.6. The highest BCUT2D eigenvalue weighted by atomic mass is 16.4. The lowest BCUT2D eigenvalue weighted by molar-refractivity contribution is -0.139. The molecule has 0 unspecified atom stereocenters. The van der Waals surface area contributed by atoms with Gasteiger partial charge in [0.05, 0.1) is 13.0 Å². The largest absolute Gasteiger partial charge is 0.480 e. The Morgan fingerprint density at radius 3 is 2.37 bits per heavy atom. The molecule has 0 aliphatic heterocycles. The third-order valence-corrected chi connectivity index (χ3v) is 3.53. The second-order valence-electron chi connectivity index (χ2n) is 5.78. The summed E-state index contributed by atoms with van der Waals surface area (Å²) in [5.74, 6) is -2.21. The Kier molecular flexibility index (Phi) is 9.12. The van der Waals surface area contributed by atoms with E-state index in [1.165, 1.54) is 0 Å². The molecule has 152 valence electrons. The molecule has 1 aromatic heterocycles. The average molecular weight is 387 g/mol. The van der Waals surface area contributed by atoms with Crippen molar-refractivity contribution in [1.82, 2.24) is 20.8 Å². The van der Waals surface area contributed by atoms with Crippen molar-refractivity contribution in [2.24, 2.45) is 17.2 Å². The second-order valence-corrected chi connectivity index (χ2v) is 5.78. The van der Waals surface area contributed by atoms with Gasteiger partial charge in [0.15, 0.2) is 0 Å². The van der Waals surface area contributed by atoms with Crippen LogP contribution in [0.25, 0.3) is 0 Å². The van der Waals surface area contributed by atoms with Crippen LogP contribution < -0.4 is 27.8 Å². The minimum absolute atomic E-state index is 0.0885. The lowest BCUT2D eigenvalue weighted by Gasteiger charge is -2.18. The molecule has 0 bridgehead atoms. The zero-order valence-electron chi connectivity index (χ0n) is 14.6. The minimum Gasteiger partial charge on any atom is -0.480 e. The number of rotatable bonds is 12. The standard InChI is InChI=1S/C14H25N7O6/c15-4-2-1-3-8(13(24)25)18-14(26)19-9(5-10(17)23)12-21-20-11(27-12)7(16)6-22/h7-9,22H,1-6,15-16H2,(H2,17,23)(H,24,25)(H2,18,19,26)/t7-,8-,9-/m0/s1. The van der Waals surface area contributed by atoms with E-state index in [-0.39, 0.29) is 24.6 Å². The highest BCUT2D eigenvalue weighted by Crippen LogP contribution is 2.17. The first-order chi connectivity index (χ1) is 12.8. The Balaban J connectivity index is 2.80. The van der Waals surface area contributed by atoms with Crippen molar-refractivity contribution < 1.29 is 29.0 Å².